The summed E-state index contributed by atoms with van der Waals surface area (Å²) < 4.78 is 10.3. The third kappa shape index (κ3) is 7.71. The van der Waals surface area contributed by atoms with Gasteiger partial charge in [-0.3, -0.25) is 9.98 Å². The van der Waals surface area contributed by atoms with Gasteiger partial charge in [-0.15, -0.1) is 0 Å². The van der Waals surface area contributed by atoms with Crippen LogP contribution in [0.25, 0.3) is 11.6 Å². The first-order chi connectivity index (χ1) is 13.2. The highest BCUT2D eigenvalue weighted by Gasteiger charge is 2.09. The van der Waals surface area contributed by atoms with Crippen LogP contribution in [0.3, 0.4) is 0 Å². The number of rotatable bonds is 11. The van der Waals surface area contributed by atoms with Gasteiger partial charge in [-0.1, -0.05) is 11.2 Å². The van der Waals surface area contributed by atoms with Crippen LogP contribution in [0.5, 0.6) is 0 Å². The van der Waals surface area contributed by atoms with E-state index in [4.69, 9.17) is 9.26 Å². The highest BCUT2D eigenvalue weighted by atomic mass is 16.5. The van der Waals surface area contributed by atoms with Gasteiger partial charge in [0, 0.05) is 59.6 Å². The lowest BCUT2D eigenvalue weighted by Crippen LogP contribution is -2.41. The Bertz CT molecular complexity index is 675. The normalized spacial score (nSPS) is 11.8. The van der Waals surface area contributed by atoms with Crippen LogP contribution >= 0.6 is 0 Å². The fraction of sp³-hybridized carbons (Fsp3) is 0.556. The van der Waals surface area contributed by atoms with Crippen LogP contribution in [0, 0.1) is 0 Å². The van der Waals surface area contributed by atoms with Crippen molar-refractivity contribution in [2.45, 2.75) is 12.8 Å². The molecule has 0 aliphatic rings. The number of nitrogens with zero attached hydrogens (tertiary/aromatic N) is 5. The molecule has 0 aliphatic heterocycles. The highest BCUT2D eigenvalue weighted by molar-refractivity contribution is 5.79. The first-order valence-electron chi connectivity index (χ1n) is 9.09. The molecule has 2 aromatic heterocycles. The van der Waals surface area contributed by atoms with Crippen LogP contribution in [0.15, 0.2) is 33.9 Å². The number of pyridine rings is 1. The predicted octanol–water partition coefficient (Wildman–Crippen LogP) is 0.807. The molecule has 148 valence electrons. The van der Waals surface area contributed by atoms with Crippen molar-refractivity contribution in [1.29, 1.82) is 0 Å². The van der Waals surface area contributed by atoms with E-state index in [0.29, 0.717) is 30.4 Å². The van der Waals surface area contributed by atoms with Crippen molar-refractivity contribution in [2.75, 3.05) is 54.0 Å². The second kappa shape index (κ2) is 12.0. The van der Waals surface area contributed by atoms with E-state index in [2.05, 4.69) is 42.7 Å². The maximum absolute atomic E-state index is 5.25. The van der Waals surface area contributed by atoms with Crippen LogP contribution in [-0.4, -0.2) is 80.0 Å². The molecule has 0 spiro atoms. The number of hydrogen-bond acceptors (Lipinski definition) is 7. The quantitative estimate of drug-likeness (QED) is 0.338. The average Bonchev–Trinajstić information content (AvgIpc) is 3.16. The zero-order valence-corrected chi connectivity index (χ0v) is 16.3. The molecule has 0 aliphatic carbocycles. The van der Waals surface area contributed by atoms with Crippen LogP contribution in [-0.2, 0) is 11.2 Å². The third-order valence-electron chi connectivity index (χ3n) is 3.89. The van der Waals surface area contributed by atoms with E-state index in [1.54, 1.807) is 20.4 Å². The molecule has 0 saturated heterocycles. The summed E-state index contributed by atoms with van der Waals surface area (Å²) in [4.78, 5) is 15.1. The van der Waals surface area contributed by atoms with Crippen molar-refractivity contribution >= 4 is 5.96 Å². The summed E-state index contributed by atoms with van der Waals surface area (Å²) >= 11 is 0. The minimum atomic E-state index is 0.435. The van der Waals surface area contributed by atoms with Crippen molar-refractivity contribution in [1.82, 2.24) is 30.7 Å². The van der Waals surface area contributed by atoms with E-state index < -0.39 is 0 Å². The molecular weight excluding hydrogens is 346 g/mol. The van der Waals surface area contributed by atoms with Gasteiger partial charge in [0.05, 0.1) is 0 Å². The van der Waals surface area contributed by atoms with Crippen LogP contribution in [0.1, 0.15) is 12.2 Å². The van der Waals surface area contributed by atoms with Gasteiger partial charge in [0.1, 0.15) is 5.69 Å². The van der Waals surface area contributed by atoms with Gasteiger partial charge < -0.3 is 24.8 Å². The minimum Gasteiger partial charge on any atom is -0.385 e. The summed E-state index contributed by atoms with van der Waals surface area (Å²) in [6.45, 7) is 4.21. The monoisotopic (exact) mass is 375 g/mol. The topological polar surface area (TPSA) is 101 Å². The smallest absolute Gasteiger partial charge is 0.276 e. The molecule has 9 nitrogen and oxygen atoms in total. The summed E-state index contributed by atoms with van der Waals surface area (Å²) in [5.41, 5.74) is 0.677. The van der Waals surface area contributed by atoms with Crippen LogP contribution in [0.4, 0.5) is 0 Å². The number of nitrogens with one attached hydrogen (secondary N) is 2. The largest absolute Gasteiger partial charge is 0.385 e. The number of likely N-dealkylation sites (N-methyl/N-ethyl adjacent to an activating group) is 1. The van der Waals surface area contributed by atoms with Gasteiger partial charge in [0.15, 0.2) is 11.8 Å². The minimum absolute atomic E-state index is 0.435. The number of aliphatic imine (C=N–C) groups is 1. The lowest BCUT2D eigenvalue weighted by atomic mass is 10.3. The molecule has 2 rings (SSSR count). The van der Waals surface area contributed by atoms with E-state index in [9.17, 15) is 0 Å². The maximum Gasteiger partial charge on any atom is 0.276 e. The molecule has 0 fully saturated rings. The number of ether oxygens (including phenoxy) is 1. The molecule has 2 heterocycles. The number of aromatic nitrogens is 3. The summed E-state index contributed by atoms with van der Waals surface area (Å²) in [6.07, 6.45) is 3.37. The molecule has 0 radical (unpaired) electrons. The van der Waals surface area contributed by atoms with Gasteiger partial charge in [-0.2, -0.15) is 4.98 Å². The van der Waals surface area contributed by atoms with Crippen molar-refractivity contribution < 1.29 is 9.26 Å². The Morgan fingerprint density at radius 1 is 1.26 bits per heavy atom. The van der Waals surface area contributed by atoms with Crippen molar-refractivity contribution in [3.05, 3.63) is 30.2 Å². The molecule has 0 unspecified atom stereocenters. The summed E-state index contributed by atoms with van der Waals surface area (Å²) in [5.74, 6) is 1.83. The molecule has 0 atom stereocenters. The summed E-state index contributed by atoms with van der Waals surface area (Å²) in [7, 11) is 5.58. The molecule has 0 aromatic carbocycles. The second-order valence-corrected chi connectivity index (χ2v) is 6.06. The zero-order chi connectivity index (χ0) is 19.3. The van der Waals surface area contributed by atoms with E-state index in [1.807, 2.05) is 18.2 Å². The molecule has 2 aromatic rings. The Hall–Kier alpha value is -2.52. The predicted molar refractivity (Wildman–Crippen MR) is 105 cm³/mol. The summed E-state index contributed by atoms with van der Waals surface area (Å²) in [6, 6.07) is 5.58. The Morgan fingerprint density at radius 2 is 2.11 bits per heavy atom. The van der Waals surface area contributed by atoms with Crippen molar-refractivity contribution in [2.24, 2.45) is 4.99 Å². The molecule has 0 saturated carbocycles. The van der Waals surface area contributed by atoms with Gasteiger partial charge in [0.25, 0.3) is 5.89 Å². The molecular formula is C18H29N7O2. The standard InChI is InChI=1S/C18H29N7O2/c1-19-18(22-11-13-25(2)12-6-14-26-3)21-10-8-16-23-17(27-24-16)15-7-4-5-9-20-15/h4-5,7,9H,6,8,10-14H2,1-3H3,(H2,19,21,22). The first-order valence-corrected chi connectivity index (χ1v) is 9.09. The van der Waals surface area contributed by atoms with Gasteiger partial charge >= 0.3 is 0 Å². The van der Waals surface area contributed by atoms with Gasteiger partial charge in [-0.25, -0.2) is 0 Å². The highest BCUT2D eigenvalue weighted by Crippen LogP contribution is 2.12. The van der Waals surface area contributed by atoms with Crippen molar-refractivity contribution in [3.63, 3.8) is 0 Å². The fourth-order valence-corrected chi connectivity index (χ4v) is 2.42. The van der Waals surface area contributed by atoms with E-state index in [1.165, 1.54) is 0 Å². The summed E-state index contributed by atoms with van der Waals surface area (Å²) in [5, 5.41) is 10.5. The van der Waals surface area contributed by atoms with E-state index >= 15 is 0 Å². The Kier molecular flexibility index (Phi) is 9.22. The molecule has 27 heavy (non-hydrogen) atoms. The van der Waals surface area contributed by atoms with E-state index in [0.717, 1.165) is 38.6 Å². The van der Waals surface area contributed by atoms with E-state index in [-0.39, 0.29) is 0 Å². The third-order valence-corrected chi connectivity index (χ3v) is 3.89. The fourth-order valence-electron chi connectivity index (χ4n) is 2.42. The Labute approximate surface area is 160 Å². The first kappa shape index (κ1) is 20.8. The Morgan fingerprint density at radius 3 is 2.85 bits per heavy atom. The SMILES string of the molecule is CN=C(NCCc1noc(-c2ccccn2)n1)NCCN(C)CCCOC. The lowest BCUT2D eigenvalue weighted by Gasteiger charge is -2.18. The lowest BCUT2D eigenvalue weighted by molar-refractivity contribution is 0.180. The van der Waals surface area contributed by atoms with Crippen LogP contribution < -0.4 is 10.6 Å². The van der Waals surface area contributed by atoms with Crippen molar-refractivity contribution in [3.8, 4) is 11.6 Å². The van der Waals surface area contributed by atoms with Gasteiger partial charge in [0.2, 0.25) is 0 Å². The second-order valence-electron chi connectivity index (χ2n) is 6.06. The zero-order valence-electron chi connectivity index (χ0n) is 16.3. The maximum atomic E-state index is 5.25. The average molecular weight is 375 g/mol. The number of guanidine groups is 1. The Balaban J connectivity index is 1.66. The molecule has 2 N–H and O–H groups in total. The van der Waals surface area contributed by atoms with Crippen LogP contribution in [0.2, 0.25) is 0 Å². The van der Waals surface area contributed by atoms with Gasteiger partial charge in [-0.05, 0) is 25.6 Å². The number of hydrogen-bond donors (Lipinski definition) is 2. The molecule has 0 amide bonds. The number of methoxy groups -OCH3 is 1. The molecule has 0 bridgehead atoms. The molecule has 9 heteroatoms.